The Balaban J connectivity index is 2.17. The van der Waals surface area contributed by atoms with E-state index in [1.54, 1.807) is 30.3 Å². The Labute approximate surface area is 134 Å². The highest BCUT2D eigenvalue weighted by atomic mass is 79.9. The van der Waals surface area contributed by atoms with Crippen molar-refractivity contribution in [2.45, 2.75) is 0 Å². The minimum Gasteiger partial charge on any atom is -0.464 e. The average molecular weight is 357 g/mol. The molecule has 0 aliphatic heterocycles. The summed E-state index contributed by atoms with van der Waals surface area (Å²) in [7, 11) is 1.30. The van der Waals surface area contributed by atoms with Crippen LogP contribution in [0, 0.1) is 11.3 Å². The van der Waals surface area contributed by atoms with Crippen molar-refractivity contribution in [3.05, 3.63) is 52.3 Å². The van der Waals surface area contributed by atoms with Gasteiger partial charge in [0.25, 0.3) is 0 Å². The lowest BCUT2D eigenvalue weighted by molar-refractivity contribution is 0.0592. The Morgan fingerprint density at radius 2 is 2.18 bits per heavy atom. The Morgan fingerprint density at radius 3 is 2.91 bits per heavy atom. The molecule has 0 aliphatic rings. The molecule has 7 heteroatoms. The smallest absolute Gasteiger partial charge is 0.358 e. The van der Waals surface area contributed by atoms with Crippen molar-refractivity contribution in [3.63, 3.8) is 0 Å². The number of carbonyl (C=O) groups excluding carboxylic acids is 1. The van der Waals surface area contributed by atoms with Crippen LogP contribution in [0.5, 0.6) is 0 Å². The highest BCUT2D eigenvalue weighted by Crippen LogP contribution is 2.28. The van der Waals surface area contributed by atoms with Crippen molar-refractivity contribution in [2.75, 3.05) is 7.11 Å². The van der Waals surface area contributed by atoms with E-state index in [0.29, 0.717) is 21.5 Å². The molecular formula is C15H9BrN4O2. The number of hydrogen-bond acceptors (Lipinski definition) is 5. The third-order valence-electron chi connectivity index (χ3n) is 3.08. The number of imidazole rings is 1. The zero-order valence-corrected chi connectivity index (χ0v) is 13.0. The normalized spacial score (nSPS) is 10.4. The van der Waals surface area contributed by atoms with E-state index >= 15 is 0 Å². The number of nitriles is 1. The number of methoxy groups -OCH3 is 1. The zero-order chi connectivity index (χ0) is 15.7. The van der Waals surface area contributed by atoms with Gasteiger partial charge in [0, 0.05) is 5.56 Å². The molecule has 22 heavy (non-hydrogen) atoms. The summed E-state index contributed by atoms with van der Waals surface area (Å²) in [4.78, 5) is 16.0. The highest BCUT2D eigenvalue weighted by molar-refractivity contribution is 9.10. The first-order valence-corrected chi connectivity index (χ1v) is 7.07. The third kappa shape index (κ3) is 2.34. The number of rotatable bonds is 2. The molecule has 3 aromatic rings. The number of halogens is 1. The largest absolute Gasteiger partial charge is 0.464 e. The molecule has 3 rings (SSSR count). The van der Waals surface area contributed by atoms with Gasteiger partial charge in [-0.15, -0.1) is 0 Å². The topological polar surface area (TPSA) is 80.3 Å². The van der Waals surface area contributed by atoms with E-state index in [1.807, 2.05) is 6.07 Å². The summed E-state index contributed by atoms with van der Waals surface area (Å²) in [5.74, 6) is -0.518. The number of hydrogen-bond donors (Lipinski definition) is 0. The van der Waals surface area contributed by atoms with E-state index in [-0.39, 0.29) is 5.69 Å². The molecule has 0 spiro atoms. The Kier molecular flexibility index (Phi) is 3.61. The number of nitrogens with zero attached hydrogens (tertiary/aromatic N) is 4. The summed E-state index contributed by atoms with van der Waals surface area (Å²) < 4.78 is 6.78. The molecular weight excluding hydrogens is 348 g/mol. The van der Waals surface area contributed by atoms with Crippen LogP contribution in [-0.4, -0.2) is 27.7 Å². The maximum atomic E-state index is 11.6. The first kappa shape index (κ1) is 14.2. The zero-order valence-electron chi connectivity index (χ0n) is 11.4. The molecule has 0 fully saturated rings. The minimum atomic E-state index is -0.518. The fourth-order valence-corrected chi connectivity index (χ4v) is 2.62. The summed E-state index contributed by atoms with van der Waals surface area (Å²) in [6, 6.07) is 12.4. The second-order valence-corrected chi connectivity index (χ2v) is 5.18. The second kappa shape index (κ2) is 5.58. The molecule has 0 saturated heterocycles. The van der Waals surface area contributed by atoms with Crippen molar-refractivity contribution < 1.29 is 9.53 Å². The summed E-state index contributed by atoms with van der Waals surface area (Å²) in [5, 5.41) is 13.2. The molecule has 2 aromatic heterocycles. The Hall–Kier alpha value is -2.72. The van der Waals surface area contributed by atoms with E-state index < -0.39 is 5.97 Å². The summed E-state index contributed by atoms with van der Waals surface area (Å²) >= 11 is 3.44. The molecule has 0 bridgehead atoms. The quantitative estimate of drug-likeness (QED) is 0.659. The maximum Gasteiger partial charge on any atom is 0.358 e. The van der Waals surface area contributed by atoms with Crippen molar-refractivity contribution in [2.24, 2.45) is 0 Å². The maximum absolute atomic E-state index is 11.6. The number of esters is 1. The van der Waals surface area contributed by atoms with Crippen molar-refractivity contribution >= 4 is 27.5 Å². The molecule has 2 heterocycles. The first-order chi connectivity index (χ1) is 10.6. The van der Waals surface area contributed by atoms with Crippen molar-refractivity contribution in [1.82, 2.24) is 14.6 Å². The first-order valence-electron chi connectivity index (χ1n) is 6.28. The second-order valence-electron chi connectivity index (χ2n) is 4.42. The van der Waals surface area contributed by atoms with Gasteiger partial charge in [0.15, 0.2) is 11.3 Å². The lowest BCUT2D eigenvalue weighted by Gasteiger charge is -2.00. The van der Waals surface area contributed by atoms with Crippen LogP contribution in [0.4, 0.5) is 0 Å². The summed E-state index contributed by atoms with van der Waals surface area (Å²) in [6.07, 6.45) is 0. The summed E-state index contributed by atoms with van der Waals surface area (Å²) in [5.41, 5.74) is 2.75. The van der Waals surface area contributed by atoms with Crippen LogP contribution < -0.4 is 0 Å². The van der Waals surface area contributed by atoms with Gasteiger partial charge in [0.1, 0.15) is 10.3 Å². The van der Waals surface area contributed by atoms with Crippen LogP contribution in [0.2, 0.25) is 0 Å². The van der Waals surface area contributed by atoms with Gasteiger partial charge in [-0.3, -0.25) is 0 Å². The van der Waals surface area contributed by atoms with Crippen LogP contribution in [-0.2, 0) is 4.74 Å². The highest BCUT2D eigenvalue weighted by Gasteiger charge is 2.16. The molecule has 0 radical (unpaired) electrons. The van der Waals surface area contributed by atoms with Crippen LogP contribution in [0.25, 0.3) is 16.9 Å². The summed E-state index contributed by atoms with van der Waals surface area (Å²) in [6.45, 7) is 0. The molecule has 0 unspecified atom stereocenters. The van der Waals surface area contributed by atoms with Gasteiger partial charge >= 0.3 is 5.97 Å². The van der Waals surface area contributed by atoms with Crippen molar-refractivity contribution in [1.29, 1.82) is 5.26 Å². The van der Waals surface area contributed by atoms with Gasteiger partial charge in [-0.25, -0.2) is 14.3 Å². The number of ether oxygens (including phenoxy) is 1. The lowest BCUT2D eigenvalue weighted by Crippen LogP contribution is -2.07. The van der Waals surface area contributed by atoms with Gasteiger partial charge in [-0.1, -0.05) is 12.1 Å². The van der Waals surface area contributed by atoms with Gasteiger partial charge in [-0.05, 0) is 40.2 Å². The fourth-order valence-electron chi connectivity index (χ4n) is 2.04. The number of benzene rings is 1. The van der Waals surface area contributed by atoms with Crippen LogP contribution in [0.15, 0.2) is 41.0 Å². The molecule has 0 amide bonds. The minimum absolute atomic E-state index is 0.186. The van der Waals surface area contributed by atoms with Gasteiger partial charge in [0.2, 0.25) is 0 Å². The average Bonchev–Trinajstić information content (AvgIpc) is 2.90. The predicted molar refractivity (Wildman–Crippen MR) is 82.2 cm³/mol. The number of carbonyl (C=O) groups is 1. The lowest BCUT2D eigenvalue weighted by atomic mass is 10.1. The number of aromatic nitrogens is 3. The van der Waals surface area contributed by atoms with Gasteiger partial charge < -0.3 is 4.74 Å². The molecule has 0 aliphatic carbocycles. The number of fused-ring (bicyclic) bond motifs is 1. The van der Waals surface area contributed by atoms with E-state index in [0.717, 1.165) is 5.56 Å². The molecule has 0 atom stereocenters. The Morgan fingerprint density at radius 1 is 1.36 bits per heavy atom. The molecule has 1 aromatic carbocycles. The van der Waals surface area contributed by atoms with Crippen LogP contribution in [0.3, 0.4) is 0 Å². The van der Waals surface area contributed by atoms with E-state index in [9.17, 15) is 4.79 Å². The standard InChI is InChI=1S/C15H9BrN4O2/c1-22-15(21)11-5-6-12-18-13(14(16)20(12)19-11)10-4-2-3-9(7-10)8-17/h2-7H,1H3. The monoisotopic (exact) mass is 356 g/mol. The van der Waals surface area contributed by atoms with Crippen molar-refractivity contribution in [3.8, 4) is 17.3 Å². The molecule has 0 saturated carbocycles. The van der Waals surface area contributed by atoms with Gasteiger partial charge in [0.05, 0.1) is 18.7 Å². The Bertz CT molecular complexity index is 927. The van der Waals surface area contributed by atoms with E-state index in [1.165, 1.54) is 11.6 Å². The fraction of sp³-hybridized carbons (Fsp3) is 0.0667. The van der Waals surface area contributed by atoms with E-state index in [2.05, 4.69) is 36.8 Å². The van der Waals surface area contributed by atoms with Crippen LogP contribution >= 0.6 is 15.9 Å². The SMILES string of the molecule is COC(=O)c1ccc2nc(-c3cccc(C#N)c3)c(Br)n2n1. The van der Waals surface area contributed by atoms with Gasteiger partial charge in [-0.2, -0.15) is 10.4 Å². The molecule has 108 valence electrons. The van der Waals surface area contributed by atoms with E-state index in [4.69, 9.17) is 5.26 Å². The molecule has 6 nitrogen and oxygen atoms in total. The third-order valence-corrected chi connectivity index (χ3v) is 3.79. The predicted octanol–water partition coefficient (Wildman–Crippen LogP) is 2.82. The van der Waals surface area contributed by atoms with Crippen LogP contribution in [0.1, 0.15) is 16.1 Å². The molecule has 0 N–H and O–H groups in total.